The molecule has 0 saturated carbocycles. The Morgan fingerprint density at radius 3 is 1.54 bits per heavy atom. The van der Waals surface area contributed by atoms with Crippen LogP contribution >= 0.6 is 0 Å². The van der Waals surface area contributed by atoms with Crippen LogP contribution in [0.1, 0.15) is 129 Å². The second-order valence-electron chi connectivity index (χ2n) is 7.62. The van der Waals surface area contributed by atoms with Gasteiger partial charge in [0, 0.05) is 6.42 Å². The van der Waals surface area contributed by atoms with Gasteiger partial charge in [0.25, 0.3) is 0 Å². The highest BCUT2D eigenvalue weighted by Crippen LogP contribution is 2.23. The number of rotatable bonds is 19. The first-order valence-corrected chi connectivity index (χ1v) is 10.9. The highest BCUT2D eigenvalue weighted by molar-refractivity contribution is 5.66. The molecule has 0 radical (unpaired) electrons. The molecule has 2 heteroatoms. The van der Waals surface area contributed by atoms with Gasteiger partial charge < -0.3 is 5.11 Å². The Morgan fingerprint density at radius 1 is 0.625 bits per heavy atom. The van der Waals surface area contributed by atoms with Crippen LogP contribution in [0.2, 0.25) is 0 Å². The van der Waals surface area contributed by atoms with E-state index in [0.29, 0.717) is 6.42 Å². The highest BCUT2D eigenvalue weighted by Gasteiger charge is 2.09. The number of hydrogen-bond acceptors (Lipinski definition) is 1. The number of carbonyl (C=O) groups is 1. The molecule has 24 heavy (non-hydrogen) atoms. The van der Waals surface area contributed by atoms with Gasteiger partial charge in [-0.05, 0) is 18.8 Å². The van der Waals surface area contributed by atoms with E-state index in [0.717, 1.165) is 18.8 Å². The average molecular weight is 341 g/mol. The van der Waals surface area contributed by atoms with E-state index >= 15 is 0 Å². The number of carboxylic acids is 1. The molecule has 0 aromatic heterocycles. The molecule has 0 bridgehead atoms. The maximum atomic E-state index is 10.7. The Balaban J connectivity index is 3.48. The molecule has 0 heterocycles. The van der Waals surface area contributed by atoms with Crippen molar-refractivity contribution in [2.45, 2.75) is 129 Å². The molecule has 0 aliphatic heterocycles. The summed E-state index contributed by atoms with van der Waals surface area (Å²) in [6.45, 7) is 4.52. The van der Waals surface area contributed by atoms with Crippen LogP contribution in [0, 0.1) is 5.92 Å². The first-order chi connectivity index (χ1) is 11.7. The first kappa shape index (κ1) is 23.5. The minimum atomic E-state index is -0.640. The van der Waals surface area contributed by atoms with Gasteiger partial charge >= 0.3 is 5.97 Å². The molecule has 144 valence electrons. The molecular formula is C22H44O2. The van der Waals surface area contributed by atoms with Crippen molar-refractivity contribution in [3.63, 3.8) is 0 Å². The van der Waals surface area contributed by atoms with E-state index in [4.69, 9.17) is 5.11 Å². The lowest BCUT2D eigenvalue weighted by molar-refractivity contribution is -0.137. The molecule has 0 aromatic carbocycles. The zero-order valence-electron chi connectivity index (χ0n) is 16.7. The van der Waals surface area contributed by atoms with Crippen molar-refractivity contribution in [1.29, 1.82) is 0 Å². The predicted octanol–water partition coefficient (Wildman–Crippen LogP) is 7.75. The van der Waals surface area contributed by atoms with Crippen LogP contribution in [0.4, 0.5) is 0 Å². The van der Waals surface area contributed by atoms with E-state index in [1.165, 1.54) is 96.3 Å². The van der Waals surface area contributed by atoms with Gasteiger partial charge in [-0.3, -0.25) is 4.79 Å². The molecule has 0 fully saturated rings. The van der Waals surface area contributed by atoms with Gasteiger partial charge in [0.15, 0.2) is 0 Å². The van der Waals surface area contributed by atoms with Crippen LogP contribution in [0.5, 0.6) is 0 Å². The molecule has 0 saturated heterocycles. The summed E-state index contributed by atoms with van der Waals surface area (Å²) in [5.74, 6) is 0.127. The summed E-state index contributed by atoms with van der Waals surface area (Å²) < 4.78 is 0. The molecule has 1 N–H and O–H groups in total. The van der Waals surface area contributed by atoms with Gasteiger partial charge in [0.2, 0.25) is 0 Å². The van der Waals surface area contributed by atoms with Gasteiger partial charge in [0.1, 0.15) is 0 Å². The first-order valence-electron chi connectivity index (χ1n) is 10.9. The molecule has 0 aromatic rings. The van der Waals surface area contributed by atoms with E-state index in [9.17, 15) is 4.79 Å². The molecule has 0 amide bonds. The van der Waals surface area contributed by atoms with Gasteiger partial charge in [-0.2, -0.15) is 0 Å². The SMILES string of the molecule is CCCCCCCCCCCCCC(CCCC)CCCC(=O)O. The molecule has 0 spiro atoms. The third kappa shape index (κ3) is 17.8. The predicted molar refractivity (Wildman–Crippen MR) is 106 cm³/mol. The zero-order valence-corrected chi connectivity index (χ0v) is 16.7. The fourth-order valence-electron chi connectivity index (χ4n) is 3.57. The highest BCUT2D eigenvalue weighted by atomic mass is 16.4. The monoisotopic (exact) mass is 340 g/mol. The number of unbranched alkanes of at least 4 members (excludes halogenated alkanes) is 11. The van der Waals surface area contributed by atoms with Crippen LogP contribution in [-0.4, -0.2) is 11.1 Å². The topological polar surface area (TPSA) is 37.3 Å². The van der Waals surface area contributed by atoms with E-state index in [1.807, 2.05) is 0 Å². The minimum absolute atomic E-state index is 0.348. The van der Waals surface area contributed by atoms with Crippen molar-refractivity contribution in [2.24, 2.45) is 5.92 Å². The molecule has 0 aliphatic carbocycles. The van der Waals surface area contributed by atoms with Gasteiger partial charge in [-0.25, -0.2) is 0 Å². The van der Waals surface area contributed by atoms with Crippen LogP contribution in [0.15, 0.2) is 0 Å². The minimum Gasteiger partial charge on any atom is -0.481 e. The molecular weight excluding hydrogens is 296 g/mol. The maximum Gasteiger partial charge on any atom is 0.303 e. The van der Waals surface area contributed by atoms with Gasteiger partial charge in [-0.15, -0.1) is 0 Å². The van der Waals surface area contributed by atoms with Gasteiger partial charge in [-0.1, -0.05) is 110 Å². The number of aliphatic carboxylic acids is 1. The standard InChI is InChI=1S/C22H44O2/c1-3-5-7-8-9-10-11-12-13-14-15-18-21(17-6-4-2)19-16-20-22(23)24/h21H,3-20H2,1-2H3,(H,23,24). The molecule has 1 atom stereocenters. The quantitative estimate of drug-likeness (QED) is 0.244. The second kappa shape index (κ2) is 18.8. The van der Waals surface area contributed by atoms with Crippen molar-refractivity contribution >= 4 is 5.97 Å². The fourth-order valence-corrected chi connectivity index (χ4v) is 3.57. The lowest BCUT2D eigenvalue weighted by Gasteiger charge is -2.16. The average Bonchev–Trinajstić information content (AvgIpc) is 2.56. The summed E-state index contributed by atoms with van der Waals surface area (Å²) in [6.07, 6.45) is 22.9. The molecule has 2 nitrogen and oxygen atoms in total. The summed E-state index contributed by atoms with van der Waals surface area (Å²) in [6, 6.07) is 0. The van der Waals surface area contributed by atoms with E-state index < -0.39 is 5.97 Å². The summed E-state index contributed by atoms with van der Waals surface area (Å²) in [5, 5.41) is 8.78. The maximum absolute atomic E-state index is 10.7. The van der Waals surface area contributed by atoms with Crippen molar-refractivity contribution < 1.29 is 9.90 Å². The third-order valence-electron chi connectivity index (χ3n) is 5.18. The van der Waals surface area contributed by atoms with Crippen LogP contribution in [0.25, 0.3) is 0 Å². The largest absolute Gasteiger partial charge is 0.481 e. The summed E-state index contributed by atoms with van der Waals surface area (Å²) in [7, 11) is 0. The van der Waals surface area contributed by atoms with Crippen molar-refractivity contribution in [2.75, 3.05) is 0 Å². The molecule has 0 rings (SSSR count). The molecule has 0 aliphatic rings. The normalized spacial score (nSPS) is 12.4. The summed E-state index contributed by atoms with van der Waals surface area (Å²) in [4.78, 5) is 10.7. The lowest BCUT2D eigenvalue weighted by Crippen LogP contribution is -2.03. The summed E-state index contributed by atoms with van der Waals surface area (Å²) in [5.41, 5.74) is 0. The smallest absolute Gasteiger partial charge is 0.303 e. The van der Waals surface area contributed by atoms with Gasteiger partial charge in [0.05, 0.1) is 0 Å². The van der Waals surface area contributed by atoms with E-state index in [1.54, 1.807) is 0 Å². The number of hydrogen-bond donors (Lipinski definition) is 1. The van der Waals surface area contributed by atoms with E-state index in [2.05, 4.69) is 13.8 Å². The zero-order chi connectivity index (χ0) is 17.9. The van der Waals surface area contributed by atoms with Crippen LogP contribution in [-0.2, 0) is 4.79 Å². The fraction of sp³-hybridized carbons (Fsp3) is 0.955. The Morgan fingerprint density at radius 2 is 1.04 bits per heavy atom. The number of carboxylic acid groups (broad SMARTS) is 1. The van der Waals surface area contributed by atoms with Crippen LogP contribution < -0.4 is 0 Å². The Labute approximate surface area is 151 Å². The lowest BCUT2D eigenvalue weighted by atomic mass is 9.90. The van der Waals surface area contributed by atoms with E-state index in [-0.39, 0.29) is 0 Å². The Hall–Kier alpha value is -0.530. The van der Waals surface area contributed by atoms with Crippen LogP contribution in [0.3, 0.4) is 0 Å². The Kier molecular flexibility index (Phi) is 18.4. The van der Waals surface area contributed by atoms with Crippen molar-refractivity contribution in [1.82, 2.24) is 0 Å². The Bertz CT molecular complexity index is 263. The molecule has 1 unspecified atom stereocenters. The second-order valence-corrected chi connectivity index (χ2v) is 7.62. The van der Waals surface area contributed by atoms with Crippen molar-refractivity contribution in [3.05, 3.63) is 0 Å². The summed E-state index contributed by atoms with van der Waals surface area (Å²) >= 11 is 0. The third-order valence-corrected chi connectivity index (χ3v) is 5.18. The van der Waals surface area contributed by atoms with Crippen molar-refractivity contribution in [3.8, 4) is 0 Å².